The number of nitrogens with two attached hydrogens (primary N) is 1. The Morgan fingerprint density at radius 3 is 2.78 bits per heavy atom. The molecule has 1 heterocycles. The van der Waals surface area contributed by atoms with Crippen LogP contribution in [0.3, 0.4) is 0 Å². The third-order valence-corrected chi connectivity index (χ3v) is 4.02. The molecule has 0 spiro atoms. The molecule has 1 fully saturated rings. The molecule has 1 unspecified atom stereocenters. The molecule has 0 aliphatic carbocycles. The predicted octanol–water partition coefficient (Wildman–Crippen LogP) is 1.42. The van der Waals surface area contributed by atoms with Gasteiger partial charge in [-0.3, -0.25) is 9.59 Å². The monoisotopic (exact) mass is 340 g/mol. The summed E-state index contributed by atoms with van der Waals surface area (Å²) in [6.45, 7) is 3.85. The van der Waals surface area contributed by atoms with Crippen LogP contribution in [-0.4, -0.2) is 40.4 Å². The summed E-state index contributed by atoms with van der Waals surface area (Å²) in [6, 6.07) is 3.98. The normalized spacial score (nSPS) is 20.8. The van der Waals surface area contributed by atoms with E-state index in [2.05, 4.69) is 6.58 Å². The predicted molar refractivity (Wildman–Crippen MR) is 84.2 cm³/mol. The number of Topliss-reactive ketones (excluding diaryl/α,β-unsaturated/α-hetero) is 1. The molecule has 3 N–H and O–H groups in total. The Labute approximate surface area is 138 Å². The van der Waals surface area contributed by atoms with Crippen molar-refractivity contribution in [2.24, 2.45) is 5.73 Å². The fraction of sp³-hybridized carbons (Fsp3) is 0.375. The van der Waals surface area contributed by atoms with Gasteiger partial charge in [0.25, 0.3) is 5.91 Å². The van der Waals surface area contributed by atoms with Crippen molar-refractivity contribution >= 4 is 23.3 Å². The molecular formula is C16H18ClFN2O3. The quantitative estimate of drug-likeness (QED) is 0.767. The summed E-state index contributed by atoms with van der Waals surface area (Å²) < 4.78 is 13.3. The molecule has 5 nitrogen and oxygen atoms in total. The Kier molecular flexibility index (Phi) is 5.06. The molecule has 124 valence electrons. The zero-order valence-corrected chi connectivity index (χ0v) is 13.3. The van der Waals surface area contributed by atoms with Crippen molar-refractivity contribution in [3.05, 3.63) is 46.9 Å². The topological polar surface area (TPSA) is 83.6 Å². The van der Waals surface area contributed by atoms with Crippen LogP contribution in [0.15, 0.2) is 30.5 Å². The molecule has 1 aromatic carbocycles. The van der Waals surface area contributed by atoms with E-state index >= 15 is 0 Å². The number of hydrogen-bond donors (Lipinski definition) is 2. The zero-order valence-electron chi connectivity index (χ0n) is 12.5. The number of halogens is 2. The molecule has 23 heavy (non-hydrogen) atoms. The molecule has 0 radical (unpaired) electrons. The van der Waals surface area contributed by atoms with Crippen LogP contribution in [0.4, 0.5) is 4.39 Å². The fourth-order valence-electron chi connectivity index (χ4n) is 2.64. The molecule has 1 atom stereocenters. The van der Waals surface area contributed by atoms with Crippen LogP contribution in [0.2, 0.25) is 5.02 Å². The van der Waals surface area contributed by atoms with Crippen LogP contribution >= 0.6 is 11.6 Å². The van der Waals surface area contributed by atoms with Gasteiger partial charge in [0.2, 0.25) is 5.60 Å². The van der Waals surface area contributed by atoms with Crippen LogP contribution in [0.25, 0.3) is 0 Å². The number of carbonyl (C=O) groups excluding carboxylic acids is 2. The Balaban J connectivity index is 2.02. The largest absolute Gasteiger partial charge is 0.401 e. The standard InChI is InChI=1S/C16H18ClFN2O3/c1-10(19)9-20-5-4-16(23,15(20)22)14(21)3-2-11-6-12(17)8-13(18)7-11/h6-8,23H,1-5,9,19H2. The summed E-state index contributed by atoms with van der Waals surface area (Å²) in [5, 5.41) is 10.6. The van der Waals surface area contributed by atoms with E-state index in [4.69, 9.17) is 17.3 Å². The summed E-state index contributed by atoms with van der Waals surface area (Å²) in [5.41, 5.74) is 4.24. The Morgan fingerprint density at radius 1 is 1.48 bits per heavy atom. The molecule has 7 heteroatoms. The van der Waals surface area contributed by atoms with Gasteiger partial charge in [-0.25, -0.2) is 4.39 Å². The first-order valence-corrected chi connectivity index (χ1v) is 7.53. The summed E-state index contributed by atoms with van der Waals surface area (Å²) in [4.78, 5) is 25.8. The third-order valence-electron chi connectivity index (χ3n) is 3.80. The Hall–Kier alpha value is -1.92. The number of rotatable bonds is 6. The van der Waals surface area contributed by atoms with E-state index < -0.39 is 23.1 Å². The highest BCUT2D eigenvalue weighted by atomic mass is 35.5. The number of aryl methyl sites for hydroxylation is 1. The summed E-state index contributed by atoms with van der Waals surface area (Å²) >= 11 is 5.76. The van der Waals surface area contributed by atoms with Gasteiger partial charge < -0.3 is 15.7 Å². The Morgan fingerprint density at radius 2 is 2.17 bits per heavy atom. The number of aliphatic hydroxyl groups is 1. The van der Waals surface area contributed by atoms with Gasteiger partial charge in [-0.15, -0.1) is 0 Å². The van der Waals surface area contributed by atoms with E-state index in [1.165, 1.54) is 17.0 Å². The van der Waals surface area contributed by atoms with Crippen LogP contribution < -0.4 is 5.73 Å². The van der Waals surface area contributed by atoms with Gasteiger partial charge in [-0.05, 0) is 30.2 Å². The number of hydrogen-bond acceptors (Lipinski definition) is 4. The van der Waals surface area contributed by atoms with Crippen molar-refractivity contribution < 1.29 is 19.1 Å². The van der Waals surface area contributed by atoms with Gasteiger partial charge in [-0.1, -0.05) is 18.2 Å². The van der Waals surface area contributed by atoms with E-state index in [9.17, 15) is 19.1 Å². The first-order valence-electron chi connectivity index (χ1n) is 7.15. The first kappa shape index (κ1) is 17.4. The molecule has 0 aromatic heterocycles. The lowest BCUT2D eigenvalue weighted by Gasteiger charge is -2.21. The first-order chi connectivity index (χ1) is 10.7. The molecule has 1 amide bonds. The number of amides is 1. The minimum atomic E-state index is -2.04. The summed E-state index contributed by atoms with van der Waals surface area (Å²) in [7, 11) is 0. The van der Waals surface area contributed by atoms with Crippen LogP contribution in [0, 0.1) is 5.82 Å². The van der Waals surface area contributed by atoms with Gasteiger partial charge in [0.05, 0.1) is 6.54 Å². The van der Waals surface area contributed by atoms with Crippen molar-refractivity contribution in [2.75, 3.05) is 13.1 Å². The molecule has 2 rings (SSSR count). The van der Waals surface area contributed by atoms with Crippen LogP contribution in [0.1, 0.15) is 18.4 Å². The average Bonchev–Trinajstić information content (AvgIpc) is 2.73. The minimum absolute atomic E-state index is 0.0157. The van der Waals surface area contributed by atoms with Gasteiger partial charge in [0.1, 0.15) is 5.82 Å². The summed E-state index contributed by atoms with van der Waals surface area (Å²) in [5.74, 6) is -1.75. The lowest BCUT2D eigenvalue weighted by atomic mass is 9.92. The smallest absolute Gasteiger partial charge is 0.262 e. The third kappa shape index (κ3) is 3.89. The van der Waals surface area contributed by atoms with Crippen molar-refractivity contribution in [3.8, 4) is 0 Å². The van der Waals surface area contributed by atoms with Gasteiger partial charge in [-0.2, -0.15) is 0 Å². The molecule has 1 aliphatic rings. The average molecular weight is 341 g/mol. The molecule has 1 aliphatic heterocycles. The SMILES string of the molecule is C=C(N)CN1CCC(O)(C(=O)CCc2cc(F)cc(Cl)c2)C1=O. The zero-order chi connectivity index (χ0) is 17.2. The molecular weight excluding hydrogens is 323 g/mol. The van der Waals surface area contributed by atoms with E-state index in [1.54, 1.807) is 6.07 Å². The maximum absolute atomic E-state index is 13.3. The highest BCUT2D eigenvalue weighted by molar-refractivity contribution is 6.30. The number of ketones is 1. The van der Waals surface area contributed by atoms with Crippen molar-refractivity contribution in [1.29, 1.82) is 0 Å². The second kappa shape index (κ2) is 6.68. The number of carbonyl (C=O) groups is 2. The van der Waals surface area contributed by atoms with Crippen molar-refractivity contribution in [1.82, 2.24) is 4.90 Å². The van der Waals surface area contributed by atoms with E-state index in [0.717, 1.165) is 0 Å². The van der Waals surface area contributed by atoms with E-state index in [1.807, 2.05) is 0 Å². The van der Waals surface area contributed by atoms with Crippen LogP contribution in [0.5, 0.6) is 0 Å². The number of nitrogens with zero attached hydrogens (tertiary/aromatic N) is 1. The molecule has 1 aromatic rings. The highest BCUT2D eigenvalue weighted by Crippen LogP contribution is 2.26. The summed E-state index contributed by atoms with van der Waals surface area (Å²) in [6.07, 6.45) is 0.122. The van der Waals surface area contributed by atoms with E-state index in [0.29, 0.717) is 5.56 Å². The van der Waals surface area contributed by atoms with Gasteiger partial charge in [0.15, 0.2) is 5.78 Å². The van der Waals surface area contributed by atoms with Gasteiger partial charge >= 0.3 is 0 Å². The highest BCUT2D eigenvalue weighted by Gasteiger charge is 2.50. The fourth-order valence-corrected chi connectivity index (χ4v) is 2.89. The molecule has 1 saturated heterocycles. The van der Waals surface area contributed by atoms with Crippen molar-refractivity contribution in [3.63, 3.8) is 0 Å². The Bertz CT molecular complexity index is 644. The number of benzene rings is 1. The molecule has 0 bridgehead atoms. The molecule has 0 saturated carbocycles. The lowest BCUT2D eigenvalue weighted by Crippen LogP contribution is -2.47. The second-order valence-electron chi connectivity index (χ2n) is 5.70. The van der Waals surface area contributed by atoms with E-state index in [-0.39, 0.29) is 43.1 Å². The maximum atomic E-state index is 13.3. The van der Waals surface area contributed by atoms with Crippen LogP contribution in [-0.2, 0) is 16.0 Å². The van der Waals surface area contributed by atoms with Gasteiger partial charge in [0, 0.05) is 30.1 Å². The van der Waals surface area contributed by atoms with Crippen molar-refractivity contribution in [2.45, 2.75) is 24.9 Å². The second-order valence-corrected chi connectivity index (χ2v) is 6.13. The minimum Gasteiger partial charge on any atom is -0.401 e. The maximum Gasteiger partial charge on any atom is 0.262 e. The lowest BCUT2D eigenvalue weighted by molar-refractivity contribution is -0.152. The number of likely N-dealkylation sites (tertiary alicyclic amines) is 1.